The lowest BCUT2D eigenvalue weighted by molar-refractivity contribution is 0.616. The number of aryl methyl sites for hydroxylation is 1. The summed E-state index contributed by atoms with van der Waals surface area (Å²) in [7, 11) is 0. The van der Waals surface area contributed by atoms with Crippen LogP contribution in [0.1, 0.15) is 37.8 Å². The summed E-state index contributed by atoms with van der Waals surface area (Å²) in [6.45, 7) is 5.05. The number of aromatic nitrogens is 1. The molecule has 1 aromatic heterocycles. The number of thiol groups is 1. The van der Waals surface area contributed by atoms with Gasteiger partial charge < -0.3 is 4.57 Å². The Hall–Kier alpha value is -1.48. The van der Waals surface area contributed by atoms with E-state index in [2.05, 4.69) is 50.7 Å². The highest BCUT2D eigenvalue weighted by Gasteiger charge is 2.09. The molecule has 0 unspecified atom stereocenters. The van der Waals surface area contributed by atoms with Gasteiger partial charge in [-0.25, -0.2) is 0 Å². The van der Waals surface area contributed by atoms with Gasteiger partial charge in [0.05, 0.1) is 5.69 Å². The highest BCUT2D eigenvalue weighted by Crippen LogP contribution is 2.20. The molecule has 0 bridgehead atoms. The molecule has 0 atom stereocenters. The normalized spacial score (nSPS) is 10.8. The second kappa shape index (κ2) is 7.51. The molecule has 112 valence electrons. The van der Waals surface area contributed by atoms with Crippen LogP contribution in [0.3, 0.4) is 0 Å². The van der Waals surface area contributed by atoms with Crippen LogP contribution in [-0.2, 0) is 18.7 Å². The van der Waals surface area contributed by atoms with Crippen LogP contribution in [0.4, 0.5) is 0 Å². The SMILES string of the molecule is CCCCn1c(-c2ccc(CC)cc2)ccc(CS)c1=O. The third-order valence-corrected chi connectivity index (χ3v) is 4.16. The van der Waals surface area contributed by atoms with Gasteiger partial charge in [-0.1, -0.05) is 50.6 Å². The van der Waals surface area contributed by atoms with Gasteiger partial charge in [0.1, 0.15) is 0 Å². The summed E-state index contributed by atoms with van der Waals surface area (Å²) in [5, 5.41) is 0. The van der Waals surface area contributed by atoms with Gasteiger partial charge in [-0.05, 0) is 30.0 Å². The molecule has 2 nitrogen and oxygen atoms in total. The maximum Gasteiger partial charge on any atom is 0.255 e. The molecular formula is C18H23NOS. The Kier molecular flexibility index (Phi) is 5.68. The Labute approximate surface area is 132 Å². The van der Waals surface area contributed by atoms with Crippen LogP contribution in [0.2, 0.25) is 0 Å². The number of benzene rings is 1. The van der Waals surface area contributed by atoms with Crippen LogP contribution in [0.15, 0.2) is 41.2 Å². The van der Waals surface area contributed by atoms with Crippen LogP contribution in [0.25, 0.3) is 11.3 Å². The van der Waals surface area contributed by atoms with Crippen molar-refractivity contribution in [1.82, 2.24) is 4.57 Å². The smallest absolute Gasteiger partial charge is 0.255 e. The van der Waals surface area contributed by atoms with Crippen molar-refractivity contribution in [2.24, 2.45) is 0 Å². The highest BCUT2D eigenvalue weighted by atomic mass is 32.1. The summed E-state index contributed by atoms with van der Waals surface area (Å²) in [6.07, 6.45) is 3.11. The third-order valence-electron chi connectivity index (χ3n) is 3.82. The second-order valence-electron chi connectivity index (χ2n) is 5.26. The maximum atomic E-state index is 12.5. The molecule has 0 saturated heterocycles. The topological polar surface area (TPSA) is 22.0 Å². The Morgan fingerprint density at radius 3 is 2.33 bits per heavy atom. The van der Waals surface area contributed by atoms with E-state index in [1.807, 2.05) is 16.7 Å². The number of hydrogen-bond donors (Lipinski definition) is 1. The lowest BCUT2D eigenvalue weighted by Gasteiger charge is -2.14. The molecule has 0 N–H and O–H groups in total. The summed E-state index contributed by atoms with van der Waals surface area (Å²) >= 11 is 4.25. The average Bonchev–Trinajstić information content (AvgIpc) is 2.53. The first-order chi connectivity index (χ1) is 10.2. The monoisotopic (exact) mass is 301 g/mol. The summed E-state index contributed by atoms with van der Waals surface area (Å²) in [5.41, 5.74) is 4.28. The van der Waals surface area contributed by atoms with Gasteiger partial charge in [0, 0.05) is 17.9 Å². The Morgan fingerprint density at radius 2 is 1.76 bits per heavy atom. The quantitative estimate of drug-likeness (QED) is 0.789. The molecule has 2 rings (SSSR count). The number of rotatable bonds is 6. The summed E-state index contributed by atoms with van der Waals surface area (Å²) in [5.74, 6) is 0.486. The van der Waals surface area contributed by atoms with Gasteiger partial charge in [0.25, 0.3) is 5.56 Å². The molecule has 0 aliphatic carbocycles. The van der Waals surface area contributed by atoms with Gasteiger partial charge in [0.15, 0.2) is 0 Å². The predicted molar refractivity (Wildman–Crippen MR) is 93.1 cm³/mol. The minimum absolute atomic E-state index is 0.0931. The van der Waals surface area contributed by atoms with E-state index in [0.29, 0.717) is 5.75 Å². The van der Waals surface area contributed by atoms with Crippen molar-refractivity contribution in [2.45, 2.75) is 45.4 Å². The van der Waals surface area contributed by atoms with E-state index < -0.39 is 0 Å². The molecule has 0 aliphatic heterocycles. The standard InChI is InChI=1S/C18H23NOS/c1-3-5-12-19-17(11-10-16(13-21)18(19)20)15-8-6-14(4-2)7-9-15/h6-11,21H,3-5,12-13H2,1-2H3. The molecule has 0 aliphatic rings. The van der Waals surface area contributed by atoms with Crippen LogP contribution in [0.5, 0.6) is 0 Å². The number of pyridine rings is 1. The Morgan fingerprint density at radius 1 is 1.05 bits per heavy atom. The molecule has 0 radical (unpaired) electrons. The number of nitrogens with zero attached hydrogens (tertiary/aromatic N) is 1. The van der Waals surface area contributed by atoms with Crippen molar-refractivity contribution in [3.8, 4) is 11.3 Å². The number of hydrogen-bond acceptors (Lipinski definition) is 2. The van der Waals surface area contributed by atoms with E-state index in [1.165, 1.54) is 5.56 Å². The highest BCUT2D eigenvalue weighted by molar-refractivity contribution is 7.79. The fourth-order valence-corrected chi connectivity index (χ4v) is 2.69. The minimum Gasteiger partial charge on any atom is -0.308 e. The van der Waals surface area contributed by atoms with Crippen molar-refractivity contribution in [1.29, 1.82) is 0 Å². The van der Waals surface area contributed by atoms with Crippen LogP contribution < -0.4 is 5.56 Å². The van der Waals surface area contributed by atoms with E-state index in [1.54, 1.807) is 0 Å². The van der Waals surface area contributed by atoms with Gasteiger partial charge >= 0.3 is 0 Å². The van der Waals surface area contributed by atoms with Gasteiger partial charge in [-0.15, -0.1) is 0 Å². The minimum atomic E-state index is 0.0931. The summed E-state index contributed by atoms with van der Waals surface area (Å²) in [4.78, 5) is 12.5. The predicted octanol–water partition coefficient (Wildman–Crippen LogP) is 4.31. The molecule has 3 heteroatoms. The van der Waals surface area contributed by atoms with Gasteiger partial charge in [-0.2, -0.15) is 12.6 Å². The van der Waals surface area contributed by atoms with Crippen molar-refractivity contribution in [2.75, 3.05) is 0 Å². The zero-order valence-electron chi connectivity index (χ0n) is 12.8. The van der Waals surface area contributed by atoms with Gasteiger partial charge in [0.2, 0.25) is 0 Å². The third kappa shape index (κ3) is 3.59. The molecule has 1 aromatic carbocycles. The van der Waals surface area contributed by atoms with Crippen molar-refractivity contribution in [3.63, 3.8) is 0 Å². The molecule has 2 aromatic rings. The lowest BCUT2D eigenvalue weighted by Crippen LogP contribution is -2.24. The molecule has 0 amide bonds. The molecule has 0 spiro atoms. The summed E-state index contributed by atoms with van der Waals surface area (Å²) in [6, 6.07) is 12.4. The lowest BCUT2D eigenvalue weighted by atomic mass is 10.1. The Bertz CT molecular complexity index is 643. The fraction of sp³-hybridized carbons (Fsp3) is 0.389. The largest absolute Gasteiger partial charge is 0.308 e. The summed E-state index contributed by atoms with van der Waals surface area (Å²) < 4.78 is 1.90. The number of unbranched alkanes of at least 4 members (excludes halogenated alkanes) is 1. The van der Waals surface area contributed by atoms with Crippen molar-refractivity contribution >= 4 is 12.6 Å². The van der Waals surface area contributed by atoms with E-state index >= 15 is 0 Å². The Balaban J connectivity index is 2.50. The molecule has 21 heavy (non-hydrogen) atoms. The van der Waals surface area contributed by atoms with Crippen LogP contribution >= 0.6 is 12.6 Å². The van der Waals surface area contributed by atoms with E-state index in [-0.39, 0.29) is 5.56 Å². The fourth-order valence-electron chi connectivity index (χ4n) is 2.45. The van der Waals surface area contributed by atoms with Crippen molar-refractivity contribution in [3.05, 3.63) is 57.9 Å². The maximum absolute atomic E-state index is 12.5. The van der Waals surface area contributed by atoms with Crippen molar-refractivity contribution < 1.29 is 0 Å². The first-order valence-corrected chi connectivity index (χ1v) is 8.27. The van der Waals surface area contributed by atoms with Crippen LogP contribution in [-0.4, -0.2) is 4.57 Å². The average molecular weight is 301 g/mol. The van der Waals surface area contributed by atoms with Crippen LogP contribution in [0, 0.1) is 0 Å². The van der Waals surface area contributed by atoms with E-state index in [0.717, 1.165) is 42.6 Å². The van der Waals surface area contributed by atoms with Gasteiger partial charge in [-0.3, -0.25) is 4.79 Å². The molecular weight excluding hydrogens is 278 g/mol. The second-order valence-corrected chi connectivity index (χ2v) is 5.58. The first-order valence-electron chi connectivity index (χ1n) is 7.64. The molecule has 1 heterocycles. The first kappa shape index (κ1) is 15.9. The van der Waals surface area contributed by atoms with E-state index in [4.69, 9.17) is 0 Å². The zero-order valence-corrected chi connectivity index (χ0v) is 13.7. The molecule has 0 fully saturated rings. The van der Waals surface area contributed by atoms with E-state index in [9.17, 15) is 4.79 Å². The zero-order chi connectivity index (χ0) is 15.2. The molecule has 0 saturated carbocycles.